The number of rotatable bonds is 3. The first-order chi connectivity index (χ1) is 13.5. The molecule has 2 N–H and O–H groups in total. The monoisotopic (exact) mass is 379 g/mol. The third kappa shape index (κ3) is 2.42. The van der Waals surface area contributed by atoms with Gasteiger partial charge >= 0.3 is 12.0 Å². The van der Waals surface area contributed by atoms with Crippen molar-refractivity contribution in [3.05, 3.63) is 41.7 Å². The number of nitrogens with zero attached hydrogens (tertiary/aromatic N) is 4. The number of esters is 1. The number of nitriles is 1. The molecule has 142 valence electrons. The van der Waals surface area contributed by atoms with Gasteiger partial charge in [0, 0.05) is 18.4 Å². The van der Waals surface area contributed by atoms with E-state index in [2.05, 4.69) is 0 Å². The van der Waals surface area contributed by atoms with Crippen molar-refractivity contribution in [2.75, 3.05) is 24.3 Å². The molecular weight excluding hydrogens is 362 g/mol. The number of fused-ring (bicyclic) bond motifs is 1. The number of hydrogen-bond acceptors (Lipinski definition) is 6. The molecule has 2 fully saturated rings. The molecule has 1 unspecified atom stereocenters. The van der Waals surface area contributed by atoms with Crippen LogP contribution < -0.4 is 10.6 Å². The van der Waals surface area contributed by atoms with Crippen LogP contribution in [0.4, 0.5) is 16.2 Å². The predicted octanol–water partition coefficient (Wildman–Crippen LogP) is 1.65. The number of nitrogens with two attached hydrogens (primary N) is 1. The number of ether oxygens (including phenoxy) is 1. The van der Waals surface area contributed by atoms with E-state index in [9.17, 15) is 19.6 Å². The Bertz CT molecular complexity index is 1030. The third-order valence-corrected chi connectivity index (χ3v) is 5.10. The van der Waals surface area contributed by atoms with Gasteiger partial charge in [-0.1, -0.05) is 6.07 Å². The minimum Gasteiger partial charge on any atom is -0.464 e. The molecule has 0 aliphatic carbocycles. The van der Waals surface area contributed by atoms with Crippen molar-refractivity contribution in [2.24, 2.45) is 0 Å². The molecule has 1 aromatic carbocycles. The number of amides is 3. The van der Waals surface area contributed by atoms with E-state index in [0.29, 0.717) is 24.3 Å². The van der Waals surface area contributed by atoms with Crippen LogP contribution in [-0.4, -0.2) is 47.1 Å². The molecule has 28 heavy (non-hydrogen) atoms. The molecule has 1 atom stereocenters. The van der Waals surface area contributed by atoms with E-state index < -0.39 is 12.0 Å². The molecule has 9 nitrogen and oxygen atoms in total. The van der Waals surface area contributed by atoms with Gasteiger partial charge in [0.25, 0.3) is 5.91 Å². The standard InChI is InChI=1S/C19H17N5O4/c1-28-18(26)16-15(21)11(9-20)10-23(16)12-4-2-5-13(8-12)24-17(25)14-6-3-7-22(14)19(24)27/h2,4-5,8,10,14H,3,6-7,21H2,1H3. The average molecular weight is 379 g/mol. The summed E-state index contributed by atoms with van der Waals surface area (Å²) in [6.45, 7) is 0.567. The highest BCUT2D eigenvalue weighted by molar-refractivity contribution is 6.21. The number of anilines is 2. The van der Waals surface area contributed by atoms with Crippen LogP contribution in [0.5, 0.6) is 0 Å². The lowest BCUT2D eigenvalue weighted by Gasteiger charge is -2.17. The summed E-state index contributed by atoms with van der Waals surface area (Å²) in [4.78, 5) is 40.3. The zero-order chi connectivity index (χ0) is 20.0. The van der Waals surface area contributed by atoms with Gasteiger partial charge in [0.05, 0.1) is 24.0 Å². The lowest BCUT2D eigenvalue weighted by Crippen LogP contribution is -2.33. The molecule has 2 aromatic rings. The van der Waals surface area contributed by atoms with Crippen molar-refractivity contribution in [3.63, 3.8) is 0 Å². The zero-order valence-corrected chi connectivity index (χ0v) is 15.1. The van der Waals surface area contributed by atoms with Crippen molar-refractivity contribution < 1.29 is 19.1 Å². The van der Waals surface area contributed by atoms with Gasteiger partial charge in [0.15, 0.2) is 5.69 Å². The zero-order valence-electron chi connectivity index (χ0n) is 15.1. The van der Waals surface area contributed by atoms with Crippen LogP contribution in [0.1, 0.15) is 28.9 Å². The van der Waals surface area contributed by atoms with E-state index in [-0.39, 0.29) is 28.9 Å². The Morgan fingerprint density at radius 1 is 1.32 bits per heavy atom. The van der Waals surface area contributed by atoms with Gasteiger partial charge in [-0.2, -0.15) is 5.26 Å². The molecule has 4 rings (SSSR count). The molecule has 2 saturated heterocycles. The lowest BCUT2D eigenvalue weighted by atomic mass is 10.2. The molecule has 3 amide bonds. The molecule has 0 spiro atoms. The van der Waals surface area contributed by atoms with Crippen molar-refractivity contribution in [2.45, 2.75) is 18.9 Å². The molecule has 9 heteroatoms. The van der Waals surface area contributed by atoms with Gasteiger partial charge in [-0.15, -0.1) is 0 Å². The maximum atomic E-state index is 12.7. The highest BCUT2D eigenvalue weighted by Gasteiger charge is 2.48. The van der Waals surface area contributed by atoms with Gasteiger partial charge in [-0.3, -0.25) is 4.79 Å². The Labute approximate surface area is 160 Å². The fourth-order valence-corrected chi connectivity index (χ4v) is 3.76. The van der Waals surface area contributed by atoms with E-state index in [1.807, 2.05) is 6.07 Å². The van der Waals surface area contributed by atoms with E-state index in [4.69, 9.17) is 10.5 Å². The third-order valence-electron chi connectivity index (χ3n) is 5.10. The van der Waals surface area contributed by atoms with Crippen LogP contribution in [0.15, 0.2) is 30.5 Å². The minimum atomic E-state index is -0.696. The lowest BCUT2D eigenvalue weighted by molar-refractivity contribution is -0.119. The number of nitrogen functional groups attached to an aromatic ring is 1. The van der Waals surface area contributed by atoms with Crippen LogP contribution >= 0.6 is 0 Å². The molecule has 0 radical (unpaired) electrons. The molecule has 2 aliphatic heterocycles. The Morgan fingerprint density at radius 2 is 2.07 bits per heavy atom. The minimum absolute atomic E-state index is 0.00808. The van der Waals surface area contributed by atoms with E-state index >= 15 is 0 Å². The van der Waals surface area contributed by atoms with E-state index in [1.54, 1.807) is 29.2 Å². The second kappa shape index (κ2) is 6.42. The molecule has 0 saturated carbocycles. The first-order valence-corrected chi connectivity index (χ1v) is 8.72. The fourth-order valence-electron chi connectivity index (χ4n) is 3.76. The number of urea groups is 1. The van der Waals surface area contributed by atoms with Gasteiger partial charge < -0.3 is 19.9 Å². The summed E-state index contributed by atoms with van der Waals surface area (Å²) in [7, 11) is 1.22. The number of carbonyl (C=O) groups excluding carboxylic acids is 3. The first kappa shape index (κ1) is 17.6. The normalized spacial score (nSPS) is 18.4. The van der Waals surface area contributed by atoms with Crippen LogP contribution in [-0.2, 0) is 9.53 Å². The van der Waals surface area contributed by atoms with Crippen molar-refractivity contribution in [3.8, 4) is 11.8 Å². The summed E-state index contributed by atoms with van der Waals surface area (Å²) >= 11 is 0. The highest BCUT2D eigenvalue weighted by atomic mass is 16.5. The summed E-state index contributed by atoms with van der Waals surface area (Å²) in [5, 5.41) is 9.25. The second-order valence-corrected chi connectivity index (χ2v) is 6.61. The number of carbonyl (C=O) groups is 3. The predicted molar refractivity (Wildman–Crippen MR) is 98.8 cm³/mol. The summed E-state index contributed by atoms with van der Waals surface area (Å²) in [6.07, 6.45) is 2.90. The molecule has 3 heterocycles. The Balaban J connectivity index is 1.79. The largest absolute Gasteiger partial charge is 0.464 e. The van der Waals surface area contributed by atoms with Crippen molar-refractivity contribution in [1.29, 1.82) is 5.26 Å². The maximum Gasteiger partial charge on any atom is 0.357 e. The SMILES string of the molecule is COC(=O)c1c(N)c(C#N)cn1-c1cccc(N2C(=O)C3CCCN3C2=O)c1. The number of methoxy groups -OCH3 is 1. The summed E-state index contributed by atoms with van der Waals surface area (Å²) in [6, 6.07) is 7.78. The smallest absolute Gasteiger partial charge is 0.357 e. The van der Waals surface area contributed by atoms with Gasteiger partial charge in [-0.25, -0.2) is 14.5 Å². The molecular formula is C19H17N5O4. The number of imide groups is 1. The van der Waals surface area contributed by atoms with Gasteiger partial charge in [0.1, 0.15) is 12.1 Å². The van der Waals surface area contributed by atoms with Crippen LogP contribution in [0.2, 0.25) is 0 Å². The quantitative estimate of drug-likeness (QED) is 0.639. The highest BCUT2D eigenvalue weighted by Crippen LogP contribution is 2.33. The van der Waals surface area contributed by atoms with Gasteiger partial charge in [-0.05, 0) is 31.0 Å². The summed E-state index contributed by atoms with van der Waals surface area (Å²) in [5.74, 6) is -0.948. The van der Waals surface area contributed by atoms with Gasteiger partial charge in [0.2, 0.25) is 0 Å². The van der Waals surface area contributed by atoms with Crippen molar-refractivity contribution in [1.82, 2.24) is 9.47 Å². The second-order valence-electron chi connectivity index (χ2n) is 6.61. The van der Waals surface area contributed by atoms with Crippen molar-refractivity contribution >= 4 is 29.3 Å². The van der Waals surface area contributed by atoms with Crippen LogP contribution in [0.3, 0.4) is 0 Å². The Morgan fingerprint density at radius 3 is 2.75 bits per heavy atom. The number of aromatic nitrogens is 1. The van der Waals surface area contributed by atoms with E-state index in [0.717, 1.165) is 11.3 Å². The van der Waals surface area contributed by atoms with E-state index in [1.165, 1.54) is 17.9 Å². The maximum absolute atomic E-state index is 12.7. The number of hydrogen-bond donors (Lipinski definition) is 1. The number of benzene rings is 1. The molecule has 0 bridgehead atoms. The van der Waals surface area contributed by atoms with Crippen LogP contribution in [0.25, 0.3) is 5.69 Å². The summed E-state index contributed by atoms with van der Waals surface area (Å²) < 4.78 is 6.20. The average Bonchev–Trinajstić information content (AvgIpc) is 3.37. The first-order valence-electron chi connectivity index (χ1n) is 8.72. The molecule has 2 aliphatic rings. The fraction of sp³-hybridized carbons (Fsp3) is 0.263. The Kier molecular flexibility index (Phi) is 4.04. The topological polar surface area (TPSA) is 122 Å². The Hall–Kier alpha value is -3.80. The molecule has 1 aromatic heterocycles. The van der Waals surface area contributed by atoms with Crippen LogP contribution in [0, 0.1) is 11.3 Å². The summed E-state index contributed by atoms with van der Waals surface area (Å²) in [5.41, 5.74) is 6.93.